The van der Waals surface area contributed by atoms with Gasteiger partial charge in [-0.1, -0.05) is 24.3 Å². The van der Waals surface area contributed by atoms with Crippen molar-refractivity contribution < 1.29 is 4.74 Å². The maximum absolute atomic E-state index is 5.75. The molecule has 0 amide bonds. The van der Waals surface area contributed by atoms with Crippen molar-refractivity contribution in [2.75, 3.05) is 17.7 Å². The van der Waals surface area contributed by atoms with E-state index in [1.165, 1.54) is 16.0 Å². The number of benzene rings is 2. The van der Waals surface area contributed by atoms with Gasteiger partial charge in [0.2, 0.25) is 0 Å². The van der Waals surface area contributed by atoms with Gasteiger partial charge < -0.3 is 10.1 Å². The predicted molar refractivity (Wildman–Crippen MR) is 85.9 cm³/mol. The molecule has 1 aliphatic rings. The van der Waals surface area contributed by atoms with Gasteiger partial charge in [0, 0.05) is 10.6 Å². The van der Waals surface area contributed by atoms with Crippen LogP contribution < -0.4 is 10.1 Å². The Morgan fingerprint density at radius 1 is 1.25 bits per heavy atom. The van der Waals surface area contributed by atoms with E-state index in [1.807, 2.05) is 18.7 Å². The van der Waals surface area contributed by atoms with Crippen LogP contribution >= 0.6 is 11.8 Å². The summed E-state index contributed by atoms with van der Waals surface area (Å²) in [5.41, 5.74) is 3.69. The Bertz CT molecular complexity index is 612. The van der Waals surface area contributed by atoms with Gasteiger partial charge in [-0.25, -0.2) is 0 Å². The molecule has 1 aliphatic heterocycles. The van der Waals surface area contributed by atoms with Crippen LogP contribution in [-0.2, 0) is 0 Å². The van der Waals surface area contributed by atoms with Crippen molar-refractivity contribution in [3.05, 3.63) is 53.6 Å². The molecule has 2 aromatic rings. The zero-order chi connectivity index (χ0) is 13.9. The number of anilines is 1. The average molecular weight is 285 g/mol. The first-order chi connectivity index (χ1) is 9.78. The van der Waals surface area contributed by atoms with Crippen LogP contribution in [0.4, 0.5) is 5.69 Å². The van der Waals surface area contributed by atoms with Crippen LogP contribution in [0.1, 0.15) is 24.1 Å². The molecule has 1 atom stereocenters. The Morgan fingerprint density at radius 3 is 2.95 bits per heavy atom. The molecule has 1 N–H and O–H groups in total. The number of rotatable bonds is 4. The first kappa shape index (κ1) is 13.4. The van der Waals surface area contributed by atoms with Gasteiger partial charge in [-0.05, 0) is 43.2 Å². The van der Waals surface area contributed by atoms with Gasteiger partial charge in [-0.3, -0.25) is 0 Å². The maximum atomic E-state index is 5.75. The van der Waals surface area contributed by atoms with Crippen molar-refractivity contribution in [1.29, 1.82) is 0 Å². The highest BCUT2D eigenvalue weighted by molar-refractivity contribution is 7.99. The number of aryl methyl sites for hydroxylation is 1. The summed E-state index contributed by atoms with van der Waals surface area (Å²) < 4.78 is 5.75. The first-order valence-electron chi connectivity index (χ1n) is 6.99. The van der Waals surface area contributed by atoms with Gasteiger partial charge in [-0.2, -0.15) is 0 Å². The van der Waals surface area contributed by atoms with Gasteiger partial charge in [-0.15, -0.1) is 11.8 Å². The molecule has 3 heteroatoms. The van der Waals surface area contributed by atoms with Gasteiger partial charge in [0.25, 0.3) is 0 Å². The highest BCUT2D eigenvalue weighted by atomic mass is 32.2. The second kappa shape index (κ2) is 5.80. The fraction of sp³-hybridized carbons (Fsp3) is 0.294. The zero-order valence-electron chi connectivity index (χ0n) is 11.8. The molecule has 0 fully saturated rings. The minimum atomic E-state index is 0.359. The summed E-state index contributed by atoms with van der Waals surface area (Å²) in [4.78, 5) is 1.38. The van der Waals surface area contributed by atoms with Crippen molar-refractivity contribution in [1.82, 2.24) is 0 Å². The molecular formula is C17H19NOS. The molecule has 1 unspecified atom stereocenters. The normalized spacial score (nSPS) is 16.8. The lowest BCUT2D eigenvalue weighted by molar-refractivity contribution is 0.341. The fourth-order valence-corrected chi connectivity index (χ4v) is 3.65. The molecule has 0 saturated carbocycles. The average Bonchev–Trinajstić information content (AvgIpc) is 2.86. The molecule has 0 aromatic heterocycles. The topological polar surface area (TPSA) is 21.3 Å². The van der Waals surface area contributed by atoms with Gasteiger partial charge >= 0.3 is 0 Å². The molecule has 3 rings (SSSR count). The van der Waals surface area contributed by atoms with Crippen molar-refractivity contribution in [2.24, 2.45) is 0 Å². The van der Waals surface area contributed by atoms with E-state index in [2.05, 4.69) is 54.7 Å². The molecule has 0 aliphatic carbocycles. The summed E-state index contributed by atoms with van der Waals surface area (Å²) in [6.45, 7) is 4.80. The standard InChI is InChI=1S/C17H19NOS/c1-3-19-16-10-12(2)8-9-14(16)18-15-11-20-17-7-5-4-6-13(15)17/h4-10,15,18H,3,11H2,1-2H3. The Kier molecular flexibility index (Phi) is 3.88. The van der Waals surface area contributed by atoms with E-state index in [0.29, 0.717) is 12.6 Å². The molecule has 20 heavy (non-hydrogen) atoms. The number of ether oxygens (including phenoxy) is 1. The van der Waals surface area contributed by atoms with Crippen molar-refractivity contribution in [3.8, 4) is 5.75 Å². The van der Waals surface area contributed by atoms with Crippen LogP contribution in [0.2, 0.25) is 0 Å². The van der Waals surface area contributed by atoms with Gasteiger partial charge in [0.1, 0.15) is 5.75 Å². The van der Waals surface area contributed by atoms with Crippen LogP contribution in [0.3, 0.4) is 0 Å². The summed E-state index contributed by atoms with van der Waals surface area (Å²) in [5, 5.41) is 3.63. The first-order valence-corrected chi connectivity index (χ1v) is 7.98. The molecule has 104 valence electrons. The van der Waals surface area contributed by atoms with Crippen LogP contribution in [0, 0.1) is 6.92 Å². The van der Waals surface area contributed by atoms with Crippen molar-refractivity contribution in [3.63, 3.8) is 0 Å². The third-order valence-electron chi connectivity index (χ3n) is 3.47. The predicted octanol–water partition coefficient (Wildman–Crippen LogP) is 4.65. The van der Waals surface area contributed by atoms with E-state index in [4.69, 9.17) is 4.74 Å². The summed E-state index contributed by atoms with van der Waals surface area (Å²) >= 11 is 1.91. The van der Waals surface area contributed by atoms with E-state index < -0.39 is 0 Å². The van der Waals surface area contributed by atoms with E-state index in [-0.39, 0.29) is 0 Å². The Hall–Kier alpha value is -1.61. The third kappa shape index (κ3) is 2.63. The quantitative estimate of drug-likeness (QED) is 0.883. The Labute approximate surface area is 124 Å². The minimum absolute atomic E-state index is 0.359. The lowest BCUT2D eigenvalue weighted by Gasteiger charge is -2.18. The highest BCUT2D eigenvalue weighted by Gasteiger charge is 2.23. The molecule has 2 nitrogen and oxygen atoms in total. The Balaban J connectivity index is 1.85. The summed E-state index contributed by atoms with van der Waals surface area (Å²) in [7, 11) is 0. The largest absolute Gasteiger partial charge is 0.492 e. The fourth-order valence-electron chi connectivity index (χ4n) is 2.49. The monoisotopic (exact) mass is 285 g/mol. The molecule has 0 bridgehead atoms. The van der Waals surface area contributed by atoms with E-state index in [0.717, 1.165) is 17.2 Å². The van der Waals surface area contributed by atoms with Crippen LogP contribution in [-0.4, -0.2) is 12.4 Å². The summed E-state index contributed by atoms with van der Waals surface area (Å²) in [6, 6.07) is 15.3. The van der Waals surface area contributed by atoms with E-state index >= 15 is 0 Å². The van der Waals surface area contributed by atoms with Crippen molar-refractivity contribution >= 4 is 17.4 Å². The van der Waals surface area contributed by atoms with Crippen LogP contribution in [0.15, 0.2) is 47.4 Å². The number of hydrogen-bond acceptors (Lipinski definition) is 3. The van der Waals surface area contributed by atoms with Crippen molar-refractivity contribution in [2.45, 2.75) is 24.8 Å². The molecule has 0 saturated heterocycles. The minimum Gasteiger partial charge on any atom is -0.492 e. The van der Waals surface area contributed by atoms with Gasteiger partial charge in [0.05, 0.1) is 18.3 Å². The molecule has 0 spiro atoms. The SMILES string of the molecule is CCOc1cc(C)ccc1NC1CSc2ccccc21. The number of hydrogen-bond donors (Lipinski definition) is 1. The molecule has 0 radical (unpaired) electrons. The molecule has 2 aromatic carbocycles. The lowest BCUT2D eigenvalue weighted by atomic mass is 10.1. The number of thioether (sulfide) groups is 1. The Morgan fingerprint density at radius 2 is 2.10 bits per heavy atom. The van der Waals surface area contributed by atoms with E-state index in [1.54, 1.807) is 0 Å². The maximum Gasteiger partial charge on any atom is 0.142 e. The highest BCUT2D eigenvalue weighted by Crippen LogP contribution is 2.41. The zero-order valence-corrected chi connectivity index (χ0v) is 12.7. The molecule has 1 heterocycles. The van der Waals surface area contributed by atoms with Crippen LogP contribution in [0.25, 0.3) is 0 Å². The second-order valence-electron chi connectivity index (χ2n) is 4.98. The number of fused-ring (bicyclic) bond motifs is 1. The third-order valence-corrected chi connectivity index (χ3v) is 4.65. The van der Waals surface area contributed by atoms with Crippen LogP contribution in [0.5, 0.6) is 5.75 Å². The smallest absolute Gasteiger partial charge is 0.142 e. The summed E-state index contributed by atoms with van der Waals surface area (Å²) in [5.74, 6) is 2.01. The number of nitrogens with one attached hydrogen (secondary N) is 1. The van der Waals surface area contributed by atoms with E-state index in [9.17, 15) is 0 Å². The lowest BCUT2D eigenvalue weighted by Crippen LogP contribution is -2.11. The van der Waals surface area contributed by atoms with Gasteiger partial charge in [0.15, 0.2) is 0 Å². The summed E-state index contributed by atoms with van der Waals surface area (Å²) in [6.07, 6.45) is 0. The second-order valence-corrected chi connectivity index (χ2v) is 6.04. The molecular weight excluding hydrogens is 266 g/mol.